The van der Waals surface area contributed by atoms with Gasteiger partial charge in [-0.3, -0.25) is 4.90 Å². The number of likely N-dealkylation sites (tertiary alicyclic amines) is 1. The van der Waals surface area contributed by atoms with Gasteiger partial charge in [-0.1, -0.05) is 12.1 Å². The molecule has 1 atom stereocenters. The zero-order chi connectivity index (χ0) is 18.0. The zero-order valence-electron chi connectivity index (χ0n) is 14.0. The molecular formula is C19H20F2N2O2. The van der Waals surface area contributed by atoms with Gasteiger partial charge in [-0.2, -0.15) is 0 Å². The summed E-state index contributed by atoms with van der Waals surface area (Å²) in [4.78, 5) is 15.1. The number of anilines is 1. The number of hydrogen-bond donors (Lipinski definition) is 1. The van der Waals surface area contributed by atoms with E-state index in [0.29, 0.717) is 11.1 Å². The molecule has 0 spiro atoms. The summed E-state index contributed by atoms with van der Waals surface area (Å²) in [6.45, 7) is 1.16. The molecule has 0 aromatic heterocycles. The van der Waals surface area contributed by atoms with Crippen LogP contribution in [-0.4, -0.2) is 42.3 Å². The molecule has 0 aliphatic carbocycles. The highest BCUT2D eigenvalue weighted by Gasteiger charge is 2.28. The third kappa shape index (κ3) is 3.79. The van der Waals surface area contributed by atoms with Gasteiger partial charge in [0.05, 0.1) is 5.69 Å². The van der Waals surface area contributed by atoms with E-state index in [2.05, 4.69) is 4.90 Å². The molecule has 1 aliphatic heterocycles. The number of carbonyl (C=O) groups is 1. The Morgan fingerprint density at radius 3 is 2.64 bits per heavy atom. The summed E-state index contributed by atoms with van der Waals surface area (Å²) < 4.78 is 27.4. The van der Waals surface area contributed by atoms with Crippen LogP contribution >= 0.6 is 0 Å². The van der Waals surface area contributed by atoms with Crippen molar-refractivity contribution in [2.75, 3.05) is 25.0 Å². The van der Waals surface area contributed by atoms with Gasteiger partial charge in [0.2, 0.25) is 0 Å². The van der Waals surface area contributed by atoms with Crippen LogP contribution in [0, 0.1) is 11.6 Å². The number of nitrogens with zero attached hydrogens (tertiary/aromatic N) is 2. The smallest absolute Gasteiger partial charge is 0.411 e. The molecule has 0 saturated carbocycles. The number of carboxylic acid groups (broad SMARTS) is 1. The van der Waals surface area contributed by atoms with Crippen LogP contribution in [0.4, 0.5) is 19.3 Å². The van der Waals surface area contributed by atoms with Crippen LogP contribution in [0.5, 0.6) is 0 Å². The van der Waals surface area contributed by atoms with Crippen LogP contribution in [0.1, 0.15) is 12.8 Å². The van der Waals surface area contributed by atoms with Crippen LogP contribution in [-0.2, 0) is 0 Å². The van der Waals surface area contributed by atoms with Crippen molar-refractivity contribution in [3.63, 3.8) is 0 Å². The minimum Gasteiger partial charge on any atom is -0.465 e. The van der Waals surface area contributed by atoms with Crippen molar-refractivity contribution in [2.24, 2.45) is 0 Å². The monoisotopic (exact) mass is 346 g/mol. The first-order valence-corrected chi connectivity index (χ1v) is 8.22. The second-order valence-corrected chi connectivity index (χ2v) is 6.34. The molecule has 25 heavy (non-hydrogen) atoms. The van der Waals surface area contributed by atoms with Gasteiger partial charge in [0, 0.05) is 18.2 Å². The van der Waals surface area contributed by atoms with Gasteiger partial charge in [-0.25, -0.2) is 13.6 Å². The van der Waals surface area contributed by atoms with Gasteiger partial charge in [0.25, 0.3) is 0 Å². The fraction of sp³-hybridized carbons (Fsp3) is 0.316. The van der Waals surface area contributed by atoms with E-state index in [1.54, 1.807) is 12.1 Å². The summed E-state index contributed by atoms with van der Waals surface area (Å²) in [5.41, 5.74) is 1.24. The van der Waals surface area contributed by atoms with E-state index in [-0.39, 0.29) is 18.3 Å². The Labute approximate surface area is 145 Å². The molecule has 1 amide bonds. The van der Waals surface area contributed by atoms with E-state index >= 15 is 0 Å². The third-order valence-electron chi connectivity index (χ3n) is 4.68. The molecular weight excluding hydrogens is 326 g/mol. The van der Waals surface area contributed by atoms with Crippen LogP contribution in [0.15, 0.2) is 42.5 Å². The van der Waals surface area contributed by atoms with Crippen molar-refractivity contribution in [3.05, 3.63) is 54.1 Å². The first-order valence-electron chi connectivity index (χ1n) is 8.22. The molecule has 0 bridgehead atoms. The van der Waals surface area contributed by atoms with Crippen LogP contribution in [0.3, 0.4) is 0 Å². The van der Waals surface area contributed by atoms with Crippen molar-refractivity contribution in [3.8, 4) is 11.1 Å². The lowest BCUT2D eigenvalue weighted by atomic mass is 10.0. The van der Waals surface area contributed by atoms with Crippen LogP contribution in [0.25, 0.3) is 11.1 Å². The molecule has 2 aromatic rings. The summed E-state index contributed by atoms with van der Waals surface area (Å²) in [6, 6.07) is 9.89. The van der Waals surface area contributed by atoms with Gasteiger partial charge >= 0.3 is 6.09 Å². The number of amides is 1. The summed E-state index contributed by atoms with van der Waals surface area (Å²) >= 11 is 0. The van der Waals surface area contributed by atoms with Crippen molar-refractivity contribution >= 4 is 11.8 Å². The van der Waals surface area contributed by atoms with E-state index in [0.717, 1.165) is 24.3 Å². The van der Waals surface area contributed by atoms with Crippen molar-refractivity contribution in [1.29, 1.82) is 0 Å². The Balaban J connectivity index is 2.03. The molecule has 4 nitrogen and oxygen atoms in total. The number of benzene rings is 2. The van der Waals surface area contributed by atoms with Gasteiger partial charge in [0.15, 0.2) is 0 Å². The highest BCUT2D eigenvalue weighted by molar-refractivity contribution is 5.93. The Morgan fingerprint density at radius 2 is 2.00 bits per heavy atom. The lowest BCUT2D eigenvalue weighted by Gasteiger charge is -2.28. The fourth-order valence-corrected chi connectivity index (χ4v) is 3.33. The fourth-order valence-electron chi connectivity index (χ4n) is 3.33. The standard InChI is InChI=1S/C19H20F2N2O2/c1-22-9-3-6-16(22)12-23(19(24)25)18-11-15(21)7-8-17(18)13-4-2-5-14(20)10-13/h2,4-5,7-8,10-11,16H,3,6,9,12H2,1H3,(H,24,25). The SMILES string of the molecule is CN1CCCC1CN(C(=O)O)c1cc(F)ccc1-c1cccc(F)c1. The predicted molar refractivity (Wildman–Crippen MR) is 92.8 cm³/mol. The second-order valence-electron chi connectivity index (χ2n) is 6.34. The Morgan fingerprint density at radius 1 is 1.24 bits per heavy atom. The minimum atomic E-state index is -1.15. The molecule has 1 fully saturated rings. The average molecular weight is 346 g/mol. The van der Waals surface area contributed by atoms with Crippen LogP contribution in [0.2, 0.25) is 0 Å². The van der Waals surface area contributed by atoms with E-state index in [9.17, 15) is 18.7 Å². The summed E-state index contributed by atoms with van der Waals surface area (Å²) in [6.07, 6.45) is 0.753. The van der Waals surface area contributed by atoms with Gasteiger partial charge < -0.3 is 10.0 Å². The Kier molecular flexibility index (Phi) is 4.99. The molecule has 1 saturated heterocycles. The van der Waals surface area contributed by atoms with Crippen molar-refractivity contribution in [2.45, 2.75) is 18.9 Å². The number of rotatable bonds is 4. The zero-order valence-corrected chi connectivity index (χ0v) is 14.0. The highest BCUT2D eigenvalue weighted by atomic mass is 19.1. The summed E-state index contributed by atoms with van der Waals surface area (Å²) in [7, 11) is 1.96. The van der Waals surface area contributed by atoms with Crippen molar-refractivity contribution in [1.82, 2.24) is 4.90 Å². The van der Waals surface area contributed by atoms with Crippen molar-refractivity contribution < 1.29 is 18.7 Å². The number of halogens is 2. The molecule has 3 rings (SSSR count). The van der Waals surface area contributed by atoms with Crippen LogP contribution < -0.4 is 4.90 Å². The van der Waals surface area contributed by atoms with Gasteiger partial charge in [0.1, 0.15) is 11.6 Å². The van der Waals surface area contributed by atoms with E-state index in [1.165, 1.54) is 30.3 Å². The highest BCUT2D eigenvalue weighted by Crippen LogP contribution is 2.33. The quantitative estimate of drug-likeness (QED) is 0.902. The molecule has 6 heteroatoms. The largest absolute Gasteiger partial charge is 0.465 e. The lowest BCUT2D eigenvalue weighted by molar-refractivity contribution is 0.198. The van der Waals surface area contributed by atoms with Gasteiger partial charge in [-0.15, -0.1) is 0 Å². The topological polar surface area (TPSA) is 43.8 Å². The van der Waals surface area contributed by atoms with E-state index < -0.39 is 17.7 Å². The summed E-state index contributed by atoms with van der Waals surface area (Å²) in [5.74, 6) is -0.952. The third-order valence-corrected chi connectivity index (χ3v) is 4.68. The second kappa shape index (κ2) is 7.19. The average Bonchev–Trinajstić information content (AvgIpc) is 2.97. The molecule has 1 aliphatic rings. The Bertz CT molecular complexity index is 782. The Hall–Kier alpha value is -2.47. The molecule has 1 N–H and O–H groups in total. The van der Waals surface area contributed by atoms with Gasteiger partial charge in [-0.05, 0) is 62.3 Å². The molecule has 132 valence electrons. The predicted octanol–water partition coefficient (Wildman–Crippen LogP) is 4.21. The lowest BCUT2D eigenvalue weighted by Crippen LogP contribution is -2.41. The first kappa shape index (κ1) is 17.4. The normalized spacial score (nSPS) is 17.6. The van der Waals surface area contributed by atoms with E-state index in [1.807, 2.05) is 7.05 Å². The minimum absolute atomic E-state index is 0.0831. The molecule has 0 radical (unpaired) electrons. The molecule has 1 heterocycles. The number of likely N-dealkylation sites (N-methyl/N-ethyl adjacent to an activating group) is 1. The maximum absolute atomic E-state index is 13.9. The van der Waals surface area contributed by atoms with E-state index in [4.69, 9.17) is 0 Å². The first-order chi connectivity index (χ1) is 12.0. The number of hydrogen-bond acceptors (Lipinski definition) is 2. The molecule has 1 unspecified atom stereocenters. The summed E-state index contributed by atoms with van der Waals surface area (Å²) in [5, 5.41) is 9.70. The maximum atomic E-state index is 13.9. The molecule has 2 aromatic carbocycles. The maximum Gasteiger partial charge on any atom is 0.411 e.